The van der Waals surface area contributed by atoms with Crippen LogP contribution in [-0.4, -0.2) is 42.1 Å². The van der Waals surface area contributed by atoms with Gasteiger partial charge in [-0.2, -0.15) is 0 Å². The molecular weight excluding hydrogens is 548 g/mol. The van der Waals surface area contributed by atoms with Gasteiger partial charge in [-0.25, -0.2) is 4.98 Å². The smallest absolute Gasteiger partial charge is 0.272 e. The Morgan fingerprint density at radius 3 is 2.93 bits per heavy atom. The van der Waals surface area contributed by atoms with E-state index in [1.807, 2.05) is 66.3 Å². The molecule has 0 bridgehead atoms. The van der Waals surface area contributed by atoms with Crippen LogP contribution in [0.4, 0.5) is 11.5 Å². The molecule has 3 N–H and O–H groups in total. The van der Waals surface area contributed by atoms with Gasteiger partial charge in [0, 0.05) is 52.0 Å². The van der Waals surface area contributed by atoms with Gasteiger partial charge in [-0.15, -0.1) is 11.3 Å². The summed E-state index contributed by atoms with van der Waals surface area (Å²) in [6.45, 7) is 1.40. The molecule has 9 heteroatoms. The second-order valence-electron chi connectivity index (χ2n) is 10.3. The maximum absolute atomic E-state index is 13.2. The second-order valence-corrected chi connectivity index (χ2v) is 11.2. The van der Waals surface area contributed by atoms with E-state index in [0.29, 0.717) is 29.6 Å². The van der Waals surface area contributed by atoms with E-state index in [1.165, 1.54) is 0 Å². The van der Waals surface area contributed by atoms with Gasteiger partial charge in [-0.05, 0) is 60.9 Å². The van der Waals surface area contributed by atoms with Crippen molar-refractivity contribution in [3.63, 3.8) is 0 Å². The number of rotatable bonds is 9. The molecule has 3 aromatic heterocycles. The van der Waals surface area contributed by atoms with Crippen LogP contribution in [0.3, 0.4) is 0 Å². The number of aromatic nitrogens is 2. The highest BCUT2D eigenvalue weighted by Gasteiger charge is 2.18. The van der Waals surface area contributed by atoms with Crippen molar-refractivity contribution in [2.24, 2.45) is 7.05 Å². The molecule has 1 amide bonds. The zero-order valence-corrected chi connectivity index (χ0v) is 24.6. The first-order valence-electron chi connectivity index (χ1n) is 14.1. The van der Waals surface area contributed by atoms with Crippen LogP contribution >= 0.6 is 11.3 Å². The van der Waals surface area contributed by atoms with Gasteiger partial charge in [0.05, 0.1) is 19.4 Å². The van der Waals surface area contributed by atoms with Crippen LogP contribution in [0.1, 0.15) is 41.7 Å². The maximum atomic E-state index is 13.2. The van der Waals surface area contributed by atoms with Crippen molar-refractivity contribution in [2.45, 2.75) is 32.0 Å². The summed E-state index contributed by atoms with van der Waals surface area (Å²) < 4.78 is 20.1. The normalized spacial score (nSPS) is 15.5. The second kappa shape index (κ2) is 12.4. The molecule has 4 heterocycles. The monoisotopic (exact) mass is 582 g/mol. The number of hydrogen-bond acceptors (Lipinski definition) is 7. The Bertz CT molecular complexity index is 1770. The van der Waals surface area contributed by atoms with Crippen LogP contribution in [-0.2, 0) is 16.5 Å². The van der Waals surface area contributed by atoms with E-state index in [0.717, 1.165) is 70.0 Å². The molecule has 1 fully saturated rings. The Hall–Kier alpha value is -4.18. The number of nitrogens with two attached hydrogens (primary N) is 1. The number of pyridine rings is 1. The van der Waals surface area contributed by atoms with Crippen LogP contribution in [0.15, 0.2) is 66.2 Å². The van der Waals surface area contributed by atoms with Crippen molar-refractivity contribution >= 4 is 55.8 Å². The number of aryl methyl sites for hydroxylation is 1. The predicted octanol–water partition coefficient (Wildman–Crippen LogP) is 7.24. The zero-order chi connectivity index (χ0) is 29.1. The van der Waals surface area contributed by atoms with Crippen molar-refractivity contribution in [1.82, 2.24) is 9.55 Å². The SMILES string of the molecule is COc1cc(-c2csc3c(/C=C/CCOC4CCCCO4)cnc(N)c23)ccc1NC(=O)c1cc2ccccc2n1C. The number of nitrogen functional groups attached to an aromatic ring is 1. The van der Waals surface area contributed by atoms with E-state index in [4.69, 9.17) is 19.9 Å². The maximum Gasteiger partial charge on any atom is 0.272 e. The number of hydrogen-bond donors (Lipinski definition) is 2. The number of benzene rings is 2. The highest BCUT2D eigenvalue weighted by atomic mass is 32.1. The van der Waals surface area contributed by atoms with E-state index in [-0.39, 0.29) is 12.2 Å². The first-order valence-corrected chi connectivity index (χ1v) is 15.0. The minimum atomic E-state index is -0.206. The predicted molar refractivity (Wildman–Crippen MR) is 170 cm³/mol. The zero-order valence-electron chi connectivity index (χ0n) is 23.8. The number of carbonyl (C=O) groups excluding carboxylic acids is 1. The molecule has 1 unspecified atom stereocenters. The van der Waals surface area contributed by atoms with Gasteiger partial charge in [-0.3, -0.25) is 4.79 Å². The molecule has 8 nitrogen and oxygen atoms in total. The van der Waals surface area contributed by atoms with Crippen LogP contribution < -0.4 is 15.8 Å². The summed E-state index contributed by atoms with van der Waals surface area (Å²) in [5.41, 5.74) is 11.5. The lowest BCUT2D eigenvalue weighted by Crippen LogP contribution is -2.22. The Balaban J connectivity index is 1.21. The Morgan fingerprint density at radius 2 is 2.12 bits per heavy atom. The van der Waals surface area contributed by atoms with E-state index >= 15 is 0 Å². The standard InChI is InChI=1S/C33H34N4O4S/c1-37-26-11-4-3-9-22(26)17-27(37)33(38)36-25-14-13-21(18-28(25)39-2)24-20-42-31-23(19-35-32(34)30(24)31)10-5-7-15-40-29-12-6-8-16-41-29/h3-5,9-11,13-14,17-20,29H,6-8,12,15-16H2,1-2H3,(H2,34,35)(H,36,38)/b10-5+. The van der Waals surface area contributed by atoms with E-state index in [1.54, 1.807) is 18.4 Å². The lowest BCUT2D eigenvalue weighted by Gasteiger charge is -2.22. The molecule has 0 saturated carbocycles. The molecule has 0 spiro atoms. The molecule has 5 aromatic rings. The summed E-state index contributed by atoms with van der Waals surface area (Å²) in [4.78, 5) is 17.7. The summed E-state index contributed by atoms with van der Waals surface area (Å²) in [6, 6.07) is 15.6. The Labute approximate surface area is 248 Å². The topological polar surface area (TPSA) is 101 Å². The molecule has 1 atom stereocenters. The van der Waals surface area contributed by atoms with Gasteiger partial charge in [0.25, 0.3) is 5.91 Å². The van der Waals surface area contributed by atoms with Crippen molar-refractivity contribution in [2.75, 3.05) is 31.4 Å². The fraction of sp³-hybridized carbons (Fsp3) is 0.273. The molecule has 216 valence electrons. The van der Waals surface area contributed by atoms with Gasteiger partial charge in [0.15, 0.2) is 6.29 Å². The van der Waals surface area contributed by atoms with Crippen molar-refractivity contribution in [1.29, 1.82) is 0 Å². The number of amides is 1. The lowest BCUT2D eigenvalue weighted by molar-refractivity contribution is -0.161. The molecule has 0 aliphatic carbocycles. The van der Waals surface area contributed by atoms with Gasteiger partial charge in [0.1, 0.15) is 17.3 Å². The average Bonchev–Trinajstić information content (AvgIpc) is 3.61. The Kier molecular flexibility index (Phi) is 8.23. The number of nitrogens with one attached hydrogen (secondary N) is 1. The van der Waals surface area contributed by atoms with E-state index in [9.17, 15) is 4.79 Å². The molecule has 0 radical (unpaired) electrons. The van der Waals surface area contributed by atoms with Gasteiger partial charge in [-0.1, -0.05) is 36.4 Å². The lowest BCUT2D eigenvalue weighted by atomic mass is 10.0. The highest BCUT2D eigenvalue weighted by molar-refractivity contribution is 7.18. The number of anilines is 2. The van der Waals surface area contributed by atoms with Crippen LogP contribution in [0.5, 0.6) is 5.75 Å². The molecular formula is C33H34N4O4S. The molecule has 1 aliphatic heterocycles. The van der Waals surface area contributed by atoms with Gasteiger partial charge >= 0.3 is 0 Å². The van der Waals surface area contributed by atoms with Crippen molar-refractivity contribution in [3.05, 3.63) is 77.4 Å². The third-order valence-electron chi connectivity index (χ3n) is 7.62. The average molecular weight is 583 g/mol. The molecule has 1 aliphatic rings. The number of ether oxygens (including phenoxy) is 3. The summed E-state index contributed by atoms with van der Waals surface area (Å²) in [6.07, 6.45) is 9.93. The number of para-hydroxylation sites is 1. The number of nitrogens with zero attached hydrogens (tertiary/aromatic N) is 2. The number of thiophene rings is 1. The number of carbonyl (C=O) groups is 1. The molecule has 2 aromatic carbocycles. The largest absolute Gasteiger partial charge is 0.495 e. The number of fused-ring (bicyclic) bond motifs is 2. The third kappa shape index (κ3) is 5.63. The van der Waals surface area contributed by atoms with E-state index < -0.39 is 0 Å². The summed E-state index contributed by atoms with van der Waals surface area (Å²) in [5, 5.41) is 7.03. The fourth-order valence-corrected chi connectivity index (χ4v) is 6.47. The third-order valence-corrected chi connectivity index (χ3v) is 8.65. The van der Waals surface area contributed by atoms with E-state index in [2.05, 4.69) is 27.8 Å². The first-order chi connectivity index (χ1) is 20.5. The van der Waals surface area contributed by atoms with Crippen LogP contribution in [0.25, 0.3) is 38.2 Å². The first kappa shape index (κ1) is 28.0. The summed E-state index contributed by atoms with van der Waals surface area (Å²) in [7, 11) is 3.49. The van der Waals surface area contributed by atoms with Crippen LogP contribution in [0, 0.1) is 0 Å². The van der Waals surface area contributed by atoms with Crippen LogP contribution in [0.2, 0.25) is 0 Å². The molecule has 42 heavy (non-hydrogen) atoms. The Morgan fingerprint density at radius 1 is 1.24 bits per heavy atom. The molecule has 6 rings (SSSR count). The van der Waals surface area contributed by atoms with Crippen molar-refractivity contribution in [3.8, 4) is 16.9 Å². The minimum Gasteiger partial charge on any atom is -0.495 e. The highest BCUT2D eigenvalue weighted by Crippen LogP contribution is 2.41. The van der Waals surface area contributed by atoms with Gasteiger partial charge < -0.3 is 29.8 Å². The fourth-order valence-electron chi connectivity index (χ4n) is 5.39. The summed E-state index contributed by atoms with van der Waals surface area (Å²) in [5.74, 6) is 0.828. The van der Waals surface area contributed by atoms with Crippen molar-refractivity contribution < 1.29 is 19.0 Å². The quantitative estimate of drug-likeness (QED) is 0.178. The summed E-state index contributed by atoms with van der Waals surface area (Å²) >= 11 is 1.63. The number of methoxy groups -OCH3 is 1. The minimum absolute atomic E-state index is 0.0770. The molecule has 1 saturated heterocycles. The van der Waals surface area contributed by atoms with Gasteiger partial charge in [0.2, 0.25) is 0 Å².